The molecule has 0 aliphatic heterocycles. The number of nitroso groups, excluding NO2 is 1. The maximum atomic E-state index is 10.6. The van der Waals surface area contributed by atoms with Gasteiger partial charge in [-0.2, -0.15) is 4.91 Å². The van der Waals surface area contributed by atoms with Crippen LogP contribution in [0, 0.1) is 4.91 Å². The first-order valence-electron chi connectivity index (χ1n) is 11.8. The largest absolute Gasteiger partial charge is 0.496 e. The molecule has 0 amide bonds. The van der Waals surface area contributed by atoms with E-state index >= 15 is 0 Å². The highest BCUT2D eigenvalue weighted by molar-refractivity contribution is 5.37. The third-order valence-electron chi connectivity index (χ3n) is 5.65. The Labute approximate surface area is 173 Å². The lowest BCUT2D eigenvalue weighted by Gasteiger charge is -2.08. The standard InChI is InChI=1S/C25H43NO2/c1-3-4-5-6-7-8-9-10-11-12-13-14-15-16-17-18-23-19-20-25(28-2)24(21-23)22-26-27/h19-21H,3-18,22H2,1-2H3. The van der Waals surface area contributed by atoms with Gasteiger partial charge in [-0.1, -0.05) is 114 Å². The second-order valence-electron chi connectivity index (χ2n) is 8.13. The van der Waals surface area contributed by atoms with Crippen LogP contribution in [0.5, 0.6) is 5.75 Å². The summed E-state index contributed by atoms with van der Waals surface area (Å²) >= 11 is 0. The molecule has 1 aromatic carbocycles. The Morgan fingerprint density at radius 1 is 0.750 bits per heavy atom. The number of hydrogen-bond donors (Lipinski definition) is 0. The fraction of sp³-hybridized carbons (Fsp3) is 0.760. The van der Waals surface area contributed by atoms with E-state index in [1.807, 2.05) is 6.07 Å². The van der Waals surface area contributed by atoms with Gasteiger partial charge in [0.15, 0.2) is 0 Å². The highest BCUT2D eigenvalue weighted by Gasteiger charge is 2.04. The van der Waals surface area contributed by atoms with Crippen LogP contribution in [0.15, 0.2) is 23.4 Å². The van der Waals surface area contributed by atoms with Gasteiger partial charge in [-0.05, 0) is 24.5 Å². The van der Waals surface area contributed by atoms with Gasteiger partial charge in [-0.3, -0.25) is 0 Å². The monoisotopic (exact) mass is 389 g/mol. The molecule has 0 radical (unpaired) electrons. The lowest BCUT2D eigenvalue weighted by atomic mass is 10.0. The van der Waals surface area contributed by atoms with Gasteiger partial charge >= 0.3 is 0 Å². The van der Waals surface area contributed by atoms with Crippen molar-refractivity contribution in [3.8, 4) is 5.75 Å². The van der Waals surface area contributed by atoms with E-state index in [9.17, 15) is 4.91 Å². The van der Waals surface area contributed by atoms with Gasteiger partial charge in [0.2, 0.25) is 0 Å². The smallest absolute Gasteiger partial charge is 0.124 e. The number of ether oxygens (including phenoxy) is 1. The molecule has 3 heteroatoms. The van der Waals surface area contributed by atoms with E-state index < -0.39 is 0 Å². The SMILES string of the molecule is CCCCCCCCCCCCCCCCCc1ccc(OC)c(CN=O)c1. The first kappa shape index (κ1) is 24.7. The van der Waals surface area contributed by atoms with Crippen molar-refractivity contribution >= 4 is 0 Å². The van der Waals surface area contributed by atoms with Crippen molar-refractivity contribution < 1.29 is 4.74 Å². The summed E-state index contributed by atoms with van der Waals surface area (Å²) in [6.45, 7) is 2.47. The summed E-state index contributed by atoms with van der Waals surface area (Å²) in [7, 11) is 1.64. The molecular formula is C25H43NO2. The lowest BCUT2D eigenvalue weighted by molar-refractivity contribution is 0.409. The molecule has 28 heavy (non-hydrogen) atoms. The summed E-state index contributed by atoms with van der Waals surface area (Å²) in [5.41, 5.74) is 2.19. The van der Waals surface area contributed by atoms with Crippen LogP contribution in [0.4, 0.5) is 0 Å². The molecule has 0 N–H and O–H groups in total. The van der Waals surface area contributed by atoms with Crippen molar-refractivity contribution in [2.45, 2.75) is 116 Å². The molecule has 0 aromatic heterocycles. The lowest BCUT2D eigenvalue weighted by Crippen LogP contribution is -1.94. The molecule has 0 saturated carbocycles. The molecule has 3 nitrogen and oxygen atoms in total. The van der Waals surface area contributed by atoms with E-state index in [2.05, 4.69) is 24.2 Å². The Balaban J connectivity index is 1.94. The van der Waals surface area contributed by atoms with Gasteiger partial charge in [0.05, 0.1) is 7.11 Å². The number of rotatable bonds is 19. The molecule has 0 fully saturated rings. The van der Waals surface area contributed by atoms with Crippen LogP contribution >= 0.6 is 0 Å². The second-order valence-corrected chi connectivity index (χ2v) is 8.13. The zero-order valence-electron chi connectivity index (χ0n) is 18.5. The minimum Gasteiger partial charge on any atom is -0.496 e. The third-order valence-corrected chi connectivity index (χ3v) is 5.65. The van der Waals surface area contributed by atoms with E-state index in [4.69, 9.17) is 4.74 Å². The molecule has 1 aromatic rings. The Morgan fingerprint density at radius 2 is 1.25 bits per heavy atom. The van der Waals surface area contributed by atoms with Crippen molar-refractivity contribution in [3.63, 3.8) is 0 Å². The molecule has 0 aliphatic carbocycles. The van der Waals surface area contributed by atoms with Crippen LogP contribution in [-0.2, 0) is 13.0 Å². The first-order valence-corrected chi connectivity index (χ1v) is 11.8. The Morgan fingerprint density at radius 3 is 1.71 bits per heavy atom. The molecule has 160 valence electrons. The van der Waals surface area contributed by atoms with Gasteiger partial charge in [-0.25, -0.2) is 0 Å². The van der Waals surface area contributed by atoms with E-state index in [1.54, 1.807) is 7.11 Å². The van der Waals surface area contributed by atoms with Gasteiger partial charge in [0.1, 0.15) is 12.3 Å². The summed E-state index contributed by atoms with van der Waals surface area (Å²) in [5, 5.41) is 3.00. The average Bonchev–Trinajstić information content (AvgIpc) is 2.71. The van der Waals surface area contributed by atoms with Crippen LogP contribution < -0.4 is 4.74 Å². The number of benzene rings is 1. The first-order chi connectivity index (χ1) is 13.8. The summed E-state index contributed by atoms with van der Waals surface area (Å²) in [6, 6.07) is 6.14. The zero-order chi connectivity index (χ0) is 20.3. The summed E-state index contributed by atoms with van der Waals surface area (Å²) in [6.07, 6.45) is 22.0. The van der Waals surface area contributed by atoms with Crippen LogP contribution in [0.3, 0.4) is 0 Å². The molecule has 0 saturated heterocycles. The van der Waals surface area contributed by atoms with Crippen molar-refractivity contribution in [3.05, 3.63) is 34.2 Å². The third kappa shape index (κ3) is 12.2. The molecule has 0 aliphatic rings. The van der Waals surface area contributed by atoms with Gasteiger partial charge in [0.25, 0.3) is 0 Å². The Bertz CT molecular complexity index is 501. The highest BCUT2D eigenvalue weighted by Crippen LogP contribution is 2.22. The number of nitrogens with zero attached hydrogens (tertiary/aromatic N) is 1. The van der Waals surface area contributed by atoms with Crippen molar-refractivity contribution in [1.82, 2.24) is 0 Å². The number of aryl methyl sites for hydroxylation is 1. The topological polar surface area (TPSA) is 38.7 Å². The molecular weight excluding hydrogens is 346 g/mol. The molecule has 0 spiro atoms. The molecule has 1 rings (SSSR count). The number of unbranched alkanes of at least 4 members (excludes halogenated alkanes) is 14. The minimum absolute atomic E-state index is 0.190. The number of methoxy groups -OCH3 is 1. The molecule has 0 heterocycles. The van der Waals surface area contributed by atoms with Gasteiger partial charge in [-0.15, -0.1) is 0 Å². The van der Waals surface area contributed by atoms with Crippen LogP contribution in [0.2, 0.25) is 0 Å². The van der Waals surface area contributed by atoms with Crippen molar-refractivity contribution in [2.24, 2.45) is 5.18 Å². The van der Waals surface area contributed by atoms with Crippen LogP contribution in [-0.4, -0.2) is 7.11 Å². The fourth-order valence-electron chi connectivity index (χ4n) is 3.88. The van der Waals surface area contributed by atoms with E-state index in [0.717, 1.165) is 17.7 Å². The summed E-state index contributed by atoms with van der Waals surface area (Å²) < 4.78 is 5.29. The van der Waals surface area contributed by atoms with Crippen LogP contribution in [0.1, 0.15) is 114 Å². The normalized spacial score (nSPS) is 10.9. The van der Waals surface area contributed by atoms with Crippen molar-refractivity contribution in [1.29, 1.82) is 0 Å². The summed E-state index contributed by atoms with van der Waals surface area (Å²) in [5.74, 6) is 0.764. The molecule has 0 bridgehead atoms. The summed E-state index contributed by atoms with van der Waals surface area (Å²) in [4.78, 5) is 10.6. The predicted octanol–water partition coefficient (Wildman–Crippen LogP) is 8.38. The van der Waals surface area contributed by atoms with E-state index in [1.165, 1.54) is 102 Å². The average molecular weight is 390 g/mol. The molecule has 0 atom stereocenters. The van der Waals surface area contributed by atoms with E-state index in [-0.39, 0.29) is 6.54 Å². The van der Waals surface area contributed by atoms with Crippen LogP contribution in [0.25, 0.3) is 0 Å². The maximum absolute atomic E-state index is 10.6. The Hall–Kier alpha value is -1.38. The van der Waals surface area contributed by atoms with Gasteiger partial charge < -0.3 is 4.74 Å². The molecule has 0 unspecified atom stereocenters. The zero-order valence-corrected chi connectivity index (χ0v) is 18.5. The maximum Gasteiger partial charge on any atom is 0.124 e. The van der Waals surface area contributed by atoms with E-state index in [0.29, 0.717) is 0 Å². The second kappa shape index (κ2) is 17.7. The number of hydrogen-bond acceptors (Lipinski definition) is 3. The predicted molar refractivity (Wildman–Crippen MR) is 121 cm³/mol. The van der Waals surface area contributed by atoms with Gasteiger partial charge in [0, 0.05) is 5.56 Å². The minimum atomic E-state index is 0.190. The van der Waals surface area contributed by atoms with Crippen molar-refractivity contribution in [2.75, 3.05) is 7.11 Å². The Kier molecular flexibility index (Phi) is 15.6. The fourth-order valence-corrected chi connectivity index (χ4v) is 3.88. The highest BCUT2D eigenvalue weighted by atomic mass is 16.5. The quantitative estimate of drug-likeness (QED) is 0.176.